The summed E-state index contributed by atoms with van der Waals surface area (Å²) in [4.78, 5) is 14.6. The fourth-order valence-corrected chi connectivity index (χ4v) is 3.17. The van der Waals surface area contributed by atoms with Crippen LogP contribution < -0.4 is 15.5 Å². The second-order valence-electron chi connectivity index (χ2n) is 6.40. The molecule has 2 saturated heterocycles. The van der Waals surface area contributed by atoms with Crippen LogP contribution in [0.3, 0.4) is 0 Å². The Labute approximate surface area is 151 Å². The average Bonchev–Trinajstić information content (AvgIpc) is 3.02. The molecule has 0 aliphatic carbocycles. The summed E-state index contributed by atoms with van der Waals surface area (Å²) in [6, 6.07) is 8.27. The molecule has 2 aliphatic heterocycles. The number of nitrogens with one attached hydrogen (secondary N) is 2. The highest BCUT2D eigenvalue weighted by Crippen LogP contribution is 2.25. The highest BCUT2D eigenvalue weighted by Gasteiger charge is 2.22. The zero-order valence-corrected chi connectivity index (χ0v) is 15.2. The number of rotatable bonds is 3. The first kappa shape index (κ1) is 20.1. The Morgan fingerprint density at radius 3 is 2.61 bits per heavy atom. The number of anilines is 2. The van der Waals surface area contributed by atoms with Crippen LogP contribution in [0.4, 0.5) is 11.4 Å². The van der Waals surface area contributed by atoms with Crippen molar-refractivity contribution < 1.29 is 4.79 Å². The molecule has 0 aromatic heterocycles. The molecule has 2 heterocycles. The van der Waals surface area contributed by atoms with Gasteiger partial charge in [-0.3, -0.25) is 4.79 Å². The molecule has 0 bridgehead atoms. The second kappa shape index (κ2) is 9.36. The number of hydrogen-bond acceptors (Lipinski definition) is 3. The van der Waals surface area contributed by atoms with E-state index in [-0.39, 0.29) is 36.6 Å². The first-order valence-corrected chi connectivity index (χ1v) is 8.09. The summed E-state index contributed by atoms with van der Waals surface area (Å²) in [6.07, 6.45) is 3.45. The third-order valence-corrected chi connectivity index (χ3v) is 4.69. The minimum Gasteiger partial charge on any atom is -0.371 e. The Kier molecular flexibility index (Phi) is 8.17. The summed E-state index contributed by atoms with van der Waals surface area (Å²) in [7, 11) is 0. The first-order valence-electron chi connectivity index (χ1n) is 8.09. The van der Waals surface area contributed by atoms with Crippen molar-refractivity contribution in [3.63, 3.8) is 0 Å². The highest BCUT2D eigenvalue weighted by molar-refractivity contribution is 5.93. The van der Waals surface area contributed by atoms with Crippen molar-refractivity contribution in [3.05, 3.63) is 24.3 Å². The van der Waals surface area contributed by atoms with Crippen LogP contribution in [0, 0.1) is 11.8 Å². The van der Waals surface area contributed by atoms with Gasteiger partial charge in [0.2, 0.25) is 5.91 Å². The van der Waals surface area contributed by atoms with E-state index in [0.717, 1.165) is 44.2 Å². The lowest BCUT2D eigenvalue weighted by atomic mass is 9.99. The zero-order chi connectivity index (χ0) is 14.7. The van der Waals surface area contributed by atoms with Crippen LogP contribution in [0.2, 0.25) is 0 Å². The molecular formula is C17H27Cl2N3O. The molecule has 0 saturated carbocycles. The summed E-state index contributed by atoms with van der Waals surface area (Å²) < 4.78 is 0. The van der Waals surface area contributed by atoms with E-state index in [9.17, 15) is 4.79 Å². The molecule has 2 N–H and O–H groups in total. The summed E-state index contributed by atoms with van der Waals surface area (Å²) in [6.45, 7) is 6.31. The maximum atomic E-state index is 12.2. The number of carbonyl (C=O) groups is 1. The predicted molar refractivity (Wildman–Crippen MR) is 101 cm³/mol. The Bertz CT molecular complexity index is 498. The van der Waals surface area contributed by atoms with Gasteiger partial charge in [-0.05, 0) is 49.9 Å². The summed E-state index contributed by atoms with van der Waals surface area (Å²) >= 11 is 0. The predicted octanol–water partition coefficient (Wildman–Crippen LogP) is 3.31. The molecule has 1 aromatic rings. The van der Waals surface area contributed by atoms with Crippen molar-refractivity contribution in [2.75, 3.05) is 36.4 Å². The molecule has 0 radical (unpaired) electrons. The van der Waals surface area contributed by atoms with Crippen molar-refractivity contribution >= 4 is 42.1 Å². The lowest BCUT2D eigenvalue weighted by Crippen LogP contribution is -2.32. The Hall–Kier alpha value is -0.970. The summed E-state index contributed by atoms with van der Waals surface area (Å²) in [5.74, 6) is 1.09. The number of amides is 1. The van der Waals surface area contributed by atoms with Gasteiger partial charge in [0, 0.05) is 31.0 Å². The van der Waals surface area contributed by atoms with Crippen LogP contribution in [0.1, 0.15) is 26.2 Å². The topological polar surface area (TPSA) is 44.4 Å². The highest BCUT2D eigenvalue weighted by atomic mass is 35.5. The molecule has 130 valence electrons. The van der Waals surface area contributed by atoms with Crippen molar-refractivity contribution in [2.45, 2.75) is 26.2 Å². The maximum Gasteiger partial charge on any atom is 0.228 e. The molecule has 1 atom stereocenters. The van der Waals surface area contributed by atoms with E-state index in [4.69, 9.17) is 0 Å². The van der Waals surface area contributed by atoms with E-state index in [1.807, 2.05) is 12.1 Å². The number of halogens is 2. The van der Waals surface area contributed by atoms with E-state index in [2.05, 4.69) is 34.6 Å². The molecule has 3 rings (SSSR count). The van der Waals surface area contributed by atoms with Gasteiger partial charge in [-0.1, -0.05) is 13.0 Å². The van der Waals surface area contributed by atoms with Gasteiger partial charge in [0.1, 0.15) is 0 Å². The van der Waals surface area contributed by atoms with Crippen LogP contribution in [-0.2, 0) is 4.79 Å². The van der Waals surface area contributed by atoms with Crippen LogP contribution in [0.25, 0.3) is 0 Å². The van der Waals surface area contributed by atoms with E-state index in [0.29, 0.717) is 0 Å². The lowest BCUT2D eigenvalue weighted by Gasteiger charge is -2.32. The van der Waals surface area contributed by atoms with Gasteiger partial charge in [-0.2, -0.15) is 0 Å². The van der Waals surface area contributed by atoms with Gasteiger partial charge in [-0.25, -0.2) is 0 Å². The first-order chi connectivity index (χ1) is 10.2. The number of hydrogen-bond donors (Lipinski definition) is 2. The molecule has 2 fully saturated rings. The normalized spacial score (nSPS) is 21.3. The third-order valence-electron chi connectivity index (χ3n) is 4.69. The van der Waals surface area contributed by atoms with Gasteiger partial charge in [0.15, 0.2) is 0 Å². The Morgan fingerprint density at radius 2 is 1.96 bits per heavy atom. The molecule has 2 aliphatic rings. The molecule has 23 heavy (non-hydrogen) atoms. The second-order valence-corrected chi connectivity index (χ2v) is 6.40. The van der Waals surface area contributed by atoms with E-state index in [1.165, 1.54) is 18.5 Å². The van der Waals surface area contributed by atoms with Crippen LogP contribution in [0.5, 0.6) is 0 Å². The van der Waals surface area contributed by atoms with Gasteiger partial charge in [-0.15, -0.1) is 24.8 Å². The van der Waals surface area contributed by atoms with Gasteiger partial charge >= 0.3 is 0 Å². The maximum absolute atomic E-state index is 12.2. The van der Waals surface area contributed by atoms with Crippen molar-refractivity contribution in [2.24, 2.45) is 11.8 Å². The minimum absolute atomic E-state index is 0. The standard InChI is InChI=1S/C17H25N3O.2ClH/c1-13-6-9-20(10-7-13)16-4-2-3-15(11-16)19-17(21)14-5-8-18-12-14;;/h2-4,11,13-14,18H,5-10,12H2,1H3,(H,19,21);2*1H. The van der Waals surface area contributed by atoms with Crippen LogP contribution in [0.15, 0.2) is 24.3 Å². The van der Waals surface area contributed by atoms with Gasteiger partial charge in [0.25, 0.3) is 0 Å². The zero-order valence-electron chi connectivity index (χ0n) is 13.6. The van der Waals surface area contributed by atoms with Crippen LogP contribution >= 0.6 is 24.8 Å². The van der Waals surface area contributed by atoms with Gasteiger partial charge in [0.05, 0.1) is 5.92 Å². The SMILES string of the molecule is CC1CCN(c2cccc(NC(=O)C3CCNC3)c2)CC1.Cl.Cl. The molecular weight excluding hydrogens is 333 g/mol. The number of carbonyl (C=O) groups excluding carboxylic acids is 1. The largest absolute Gasteiger partial charge is 0.371 e. The quantitative estimate of drug-likeness (QED) is 0.869. The van der Waals surface area contributed by atoms with Gasteiger partial charge < -0.3 is 15.5 Å². The van der Waals surface area contributed by atoms with Crippen molar-refractivity contribution in [3.8, 4) is 0 Å². The van der Waals surface area contributed by atoms with Crippen molar-refractivity contribution in [1.29, 1.82) is 0 Å². The number of nitrogens with zero attached hydrogens (tertiary/aromatic N) is 1. The summed E-state index contributed by atoms with van der Waals surface area (Å²) in [5.41, 5.74) is 2.15. The fraction of sp³-hybridized carbons (Fsp3) is 0.588. The Balaban J connectivity index is 0.00000132. The van der Waals surface area contributed by atoms with E-state index >= 15 is 0 Å². The number of piperidine rings is 1. The molecule has 0 spiro atoms. The van der Waals surface area contributed by atoms with Crippen molar-refractivity contribution in [1.82, 2.24) is 5.32 Å². The summed E-state index contributed by atoms with van der Waals surface area (Å²) in [5, 5.41) is 6.30. The number of benzene rings is 1. The van der Waals surface area contributed by atoms with E-state index in [1.54, 1.807) is 0 Å². The average molecular weight is 360 g/mol. The molecule has 1 unspecified atom stereocenters. The third kappa shape index (κ3) is 5.27. The van der Waals surface area contributed by atoms with E-state index < -0.39 is 0 Å². The Morgan fingerprint density at radius 1 is 1.22 bits per heavy atom. The minimum atomic E-state index is 0. The smallest absolute Gasteiger partial charge is 0.228 e. The molecule has 1 amide bonds. The monoisotopic (exact) mass is 359 g/mol. The molecule has 4 nitrogen and oxygen atoms in total. The lowest BCUT2D eigenvalue weighted by molar-refractivity contribution is -0.119. The van der Waals surface area contributed by atoms with Crippen LogP contribution in [-0.4, -0.2) is 32.1 Å². The fourth-order valence-electron chi connectivity index (χ4n) is 3.17. The molecule has 1 aromatic carbocycles. The molecule has 6 heteroatoms.